The molecular weight excluding hydrogens is 363 g/mol. The van der Waals surface area contributed by atoms with Crippen LogP contribution >= 0.6 is 46.1 Å². The Morgan fingerprint density at radius 1 is 1.18 bits per heavy atom. The van der Waals surface area contributed by atoms with Crippen molar-refractivity contribution in [2.24, 2.45) is 0 Å². The van der Waals surface area contributed by atoms with Crippen LogP contribution in [0, 0.1) is 0 Å². The van der Waals surface area contributed by atoms with Gasteiger partial charge in [-0.05, 0) is 24.6 Å². The van der Waals surface area contributed by atoms with Crippen molar-refractivity contribution in [1.29, 1.82) is 0 Å². The van der Waals surface area contributed by atoms with Gasteiger partial charge in [-0.3, -0.25) is 9.36 Å². The molecule has 0 saturated heterocycles. The maximum atomic E-state index is 12.6. The number of aryl methyl sites for hydroxylation is 1. The first-order chi connectivity index (χ1) is 10.5. The van der Waals surface area contributed by atoms with Crippen LogP contribution in [-0.2, 0) is 13.0 Å². The molecule has 0 N–H and O–H groups in total. The third-order valence-corrected chi connectivity index (χ3v) is 5.43. The van der Waals surface area contributed by atoms with Crippen LogP contribution in [0.4, 0.5) is 0 Å². The van der Waals surface area contributed by atoms with Crippen molar-refractivity contribution in [1.82, 2.24) is 9.55 Å². The molecule has 1 aromatic carbocycles. The summed E-state index contributed by atoms with van der Waals surface area (Å²) in [6, 6.07) is 5.12. The van der Waals surface area contributed by atoms with Crippen molar-refractivity contribution < 1.29 is 0 Å². The SMILES string of the molecule is CCc1cc2c(=O)n(Cc3c(Cl)cc(Cl)cc3Cl)cnc2s1. The van der Waals surface area contributed by atoms with Crippen LogP contribution in [0.2, 0.25) is 15.1 Å². The van der Waals surface area contributed by atoms with E-state index in [4.69, 9.17) is 34.8 Å². The van der Waals surface area contributed by atoms with Gasteiger partial charge in [0, 0.05) is 25.5 Å². The summed E-state index contributed by atoms with van der Waals surface area (Å²) in [5.41, 5.74) is 0.560. The highest BCUT2D eigenvalue weighted by Gasteiger charge is 2.12. The number of hydrogen-bond acceptors (Lipinski definition) is 3. The number of thiophene rings is 1. The van der Waals surface area contributed by atoms with Crippen LogP contribution in [0.25, 0.3) is 10.2 Å². The van der Waals surface area contributed by atoms with E-state index in [1.54, 1.807) is 23.5 Å². The van der Waals surface area contributed by atoms with Gasteiger partial charge in [-0.2, -0.15) is 0 Å². The molecule has 0 aliphatic carbocycles. The van der Waals surface area contributed by atoms with Crippen molar-refractivity contribution in [2.75, 3.05) is 0 Å². The molecule has 7 heteroatoms. The molecule has 22 heavy (non-hydrogen) atoms. The molecule has 0 fully saturated rings. The standard InChI is InChI=1S/C15H11Cl3N2OS/c1-2-9-5-10-14(22-9)19-7-20(15(10)21)6-11-12(17)3-8(16)4-13(11)18/h3-5,7H,2,6H2,1H3. The first-order valence-corrected chi connectivity index (χ1v) is 8.56. The minimum atomic E-state index is -0.0944. The molecule has 2 aromatic heterocycles. The lowest BCUT2D eigenvalue weighted by Crippen LogP contribution is -2.20. The predicted molar refractivity (Wildman–Crippen MR) is 93.8 cm³/mol. The van der Waals surface area contributed by atoms with Crippen LogP contribution in [0.3, 0.4) is 0 Å². The lowest BCUT2D eigenvalue weighted by atomic mass is 10.2. The van der Waals surface area contributed by atoms with E-state index in [2.05, 4.69) is 11.9 Å². The Morgan fingerprint density at radius 2 is 1.86 bits per heavy atom. The average molecular weight is 374 g/mol. The fourth-order valence-corrected chi connectivity index (χ4v) is 4.05. The van der Waals surface area contributed by atoms with Gasteiger partial charge in [0.25, 0.3) is 5.56 Å². The number of rotatable bonds is 3. The molecule has 0 aliphatic heterocycles. The number of nitrogens with zero attached hydrogens (tertiary/aromatic N) is 2. The van der Waals surface area contributed by atoms with Gasteiger partial charge < -0.3 is 0 Å². The van der Waals surface area contributed by atoms with E-state index in [1.165, 1.54) is 10.9 Å². The first-order valence-electron chi connectivity index (χ1n) is 6.61. The zero-order valence-electron chi connectivity index (χ0n) is 11.6. The van der Waals surface area contributed by atoms with Gasteiger partial charge in [0.2, 0.25) is 0 Å². The zero-order valence-corrected chi connectivity index (χ0v) is 14.7. The van der Waals surface area contributed by atoms with Crippen molar-refractivity contribution >= 4 is 56.4 Å². The molecule has 0 atom stereocenters. The minimum Gasteiger partial charge on any atom is -0.294 e. The fraction of sp³-hybridized carbons (Fsp3) is 0.200. The van der Waals surface area contributed by atoms with E-state index in [0.717, 1.165) is 16.1 Å². The van der Waals surface area contributed by atoms with Crippen LogP contribution in [0.5, 0.6) is 0 Å². The Labute approximate surface area is 146 Å². The molecule has 0 unspecified atom stereocenters. The monoisotopic (exact) mass is 372 g/mol. The zero-order chi connectivity index (χ0) is 15.9. The van der Waals surface area contributed by atoms with Crippen LogP contribution in [0.1, 0.15) is 17.4 Å². The Morgan fingerprint density at radius 3 is 2.50 bits per heavy atom. The van der Waals surface area contributed by atoms with E-state index in [-0.39, 0.29) is 12.1 Å². The first kappa shape index (κ1) is 15.8. The van der Waals surface area contributed by atoms with Gasteiger partial charge in [-0.1, -0.05) is 41.7 Å². The van der Waals surface area contributed by atoms with E-state index in [1.807, 2.05) is 6.07 Å². The molecule has 0 amide bonds. The lowest BCUT2D eigenvalue weighted by Gasteiger charge is -2.09. The second-order valence-corrected chi connectivity index (χ2v) is 7.18. The Hall–Kier alpha value is -1.07. The smallest absolute Gasteiger partial charge is 0.262 e. The molecule has 0 saturated carbocycles. The van der Waals surface area contributed by atoms with Gasteiger partial charge in [0.15, 0.2) is 0 Å². The van der Waals surface area contributed by atoms with E-state index in [0.29, 0.717) is 26.0 Å². The van der Waals surface area contributed by atoms with Crippen molar-refractivity contribution in [3.8, 4) is 0 Å². The summed E-state index contributed by atoms with van der Waals surface area (Å²) in [5.74, 6) is 0. The lowest BCUT2D eigenvalue weighted by molar-refractivity contribution is 0.749. The molecule has 3 rings (SSSR count). The van der Waals surface area contributed by atoms with Gasteiger partial charge in [0.1, 0.15) is 4.83 Å². The highest BCUT2D eigenvalue weighted by Crippen LogP contribution is 2.29. The van der Waals surface area contributed by atoms with Gasteiger partial charge >= 0.3 is 0 Å². The summed E-state index contributed by atoms with van der Waals surface area (Å²) < 4.78 is 1.51. The Balaban J connectivity index is 2.08. The molecular formula is C15H11Cl3N2OS. The second kappa shape index (κ2) is 6.20. The van der Waals surface area contributed by atoms with Gasteiger partial charge in [-0.15, -0.1) is 11.3 Å². The molecule has 2 heterocycles. The number of halogens is 3. The largest absolute Gasteiger partial charge is 0.294 e. The highest BCUT2D eigenvalue weighted by atomic mass is 35.5. The number of aromatic nitrogens is 2. The average Bonchev–Trinajstić information content (AvgIpc) is 2.89. The quantitative estimate of drug-likeness (QED) is 0.645. The van der Waals surface area contributed by atoms with E-state index in [9.17, 15) is 4.79 Å². The fourth-order valence-electron chi connectivity index (χ4n) is 2.19. The van der Waals surface area contributed by atoms with Crippen molar-refractivity contribution in [3.63, 3.8) is 0 Å². The van der Waals surface area contributed by atoms with Crippen molar-refractivity contribution in [3.05, 3.63) is 60.4 Å². The summed E-state index contributed by atoms with van der Waals surface area (Å²) in [5, 5.41) is 1.96. The number of benzene rings is 1. The summed E-state index contributed by atoms with van der Waals surface area (Å²) in [4.78, 5) is 18.8. The third kappa shape index (κ3) is 2.88. The molecule has 3 aromatic rings. The van der Waals surface area contributed by atoms with Gasteiger partial charge in [-0.25, -0.2) is 4.98 Å². The molecule has 0 spiro atoms. The van der Waals surface area contributed by atoms with Crippen LogP contribution in [-0.4, -0.2) is 9.55 Å². The summed E-state index contributed by atoms with van der Waals surface area (Å²) in [6.07, 6.45) is 2.41. The van der Waals surface area contributed by atoms with E-state index < -0.39 is 0 Å². The number of fused-ring (bicyclic) bond motifs is 1. The molecule has 3 nitrogen and oxygen atoms in total. The Kier molecular flexibility index (Phi) is 4.46. The second-order valence-electron chi connectivity index (χ2n) is 4.81. The summed E-state index contributed by atoms with van der Waals surface area (Å²) in [6.45, 7) is 2.31. The number of hydrogen-bond donors (Lipinski definition) is 0. The van der Waals surface area contributed by atoms with E-state index >= 15 is 0 Å². The molecule has 0 aliphatic rings. The predicted octanol–water partition coefficient (Wildman–Crippen LogP) is 5.03. The Bertz CT molecular complexity index is 894. The summed E-state index contributed by atoms with van der Waals surface area (Å²) in [7, 11) is 0. The maximum absolute atomic E-state index is 12.6. The maximum Gasteiger partial charge on any atom is 0.262 e. The molecule has 0 bridgehead atoms. The topological polar surface area (TPSA) is 34.9 Å². The third-order valence-electron chi connectivity index (χ3n) is 3.35. The van der Waals surface area contributed by atoms with Gasteiger partial charge in [0.05, 0.1) is 18.3 Å². The summed E-state index contributed by atoms with van der Waals surface area (Å²) >= 11 is 19.8. The molecule has 0 radical (unpaired) electrons. The van der Waals surface area contributed by atoms with Crippen LogP contribution in [0.15, 0.2) is 29.3 Å². The highest BCUT2D eigenvalue weighted by molar-refractivity contribution is 7.18. The normalized spacial score (nSPS) is 11.3. The molecule has 114 valence electrons. The van der Waals surface area contributed by atoms with Crippen molar-refractivity contribution in [2.45, 2.75) is 19.9 Å². The van der Waals surface area contributed by atoms with Crippen LogP contribution < -0.4 is 5.56 Å². The minimum absolute atomic E-state index is 0.0944.